The number of hydrogen-bond acceptors (Lipinski definition) is 4. The van der Waals surface area contributed by atoms with Crippen LogP contribution in [0.15, 0.2) is 14.1 Å². The molecule has 0 saturated heterocycles. The van der Waals surface area contributed by atoms with Crippen LogP contribution in [0.4, 0.5) is 0 Å². The summed E-state index contributed by atoms with van der Waals surface area (Å²) >= 11 is 9.95. The largest absolute Gasteiger partial charge is 0.349 e. The predicted octanol–water partition coefficient (Wildman–Crippen LogP) is 1.92. The number of carbonyl (C=O) groups is 1. The van der Waals surface area contributed by atoms with Crippen LogP contribution in [-0.4, -0.2) is 39.9 Å². The normalized spacial score (nSPS) is 11.6. The van der Waals surface area contributed by atoms with E-state index in [1.807, 2.05) is 0 Å². The summed E-state index contributed by atoms with van der Waals surface area (Å²) in [4.78, 5) is 12.7. The minimum absolute atomic E-state index is 0.0620. The second-order valence-corrected chi connectivity index (χ2v) is 8.39. The topological polar surface area (TPSA) is 66.5 Å². The Morgan fingerprint density at radius 3 is 2.61 bits per heavy atom. The number of nitrogens with zero attached hydrogens (tertiary/aromatic N) is 1. The molecule has 0 fully saturated rings. The zero-order valence-corrected chi connectivity index (χ0v) is 13.7. The average molecular weight is 376 g/mol. The van der Waals surface area contributed by atoms with Gasteiger partial charge in [-0.3, -0.25) is 4.79 Å². The number of carbonyl (C=O) groups excluding carboxylic acids is 1. The van der Waals surface area contributed by atoms with E-state index >= 15 is 0 Å². The van der Waals surface area contributed by atoms with E-state index in [1.54, 1.807) is 14.1 Å². The monoisotopic (exact) mass is 374 g/mol. The third-order valence-corrected chi connectivity index (χ3v) is 6.43. The summed E-state index contributed by atoms with van der Waals surface area (Å²) in [6.07, 6.45) is 0.118. The molecule has 0 saturated carbocycles. The number of amides is 1. The quantitative estimate of drug-likeness (QED) is 0.855. The molecule has 0 bridgehead atoms. The van der Waals surface area contributed by atoms with Gasteiger partial charge in [0.1, 0.15) is 4.21 Å². The van der Waals surface area contributed by atoms with Crippen LogP contribution < -0.4 is 4.72 Å². The lowest BCUT2D eigenvalue weighted by atomic mass is 10.4. The molecule has 0 aromatic carbocycles. The van der Waals surface area contributed by atoms with Crippen molar-refractivity contribution in [1.29, 1.82) is 0 Å². The Bertz CT molecular complexity index is 523. The molecule has 1 N–H and O–H groups in total. The van der Waals surface area contributed by atoms with Crippen LogP contribution in [0.1, 0.15) is 6.42 Å². The van der Waals surface area contributed by atoms with Gasteiger partial charge >= 0.3 is 0 Å². The predicted molar refractivity (Wildman–Crippen MR) is 75.5 cm³/mol. The van der Waals surface area contributed by atoms with Crippen molar-refractivity contribution in [3.63, 3.8) is 0 Å². The van der Waals surface area contributed by atoms with Crippen molar-refractivity contribution in [3.05, 3.63) is 14.9 Å². The third kappa shape index (κ3) is 4.20. The lowest BCUT2D eigenvalue weighted by molar-refractivity contribution is -0.128. The van der Waals surface area contributed by atoms with E-state index in [1.165, 1.54) is 11.0 Å². The van der Waals surface area contributed by atoms with Crippen LogP contribution >= 0.6 is 38.9 Å². The Morgan fingerprint density at radius 1 is 1.56 bits per heavy atom. The van der Waals surface area contributed by atoms with E-state index in [2.05, 4.69) is 20.7 Å². The number of sulfonamides is 1. The van der Waals surface area contributed by atoms with Crippen LogP contribution in [0, 0.1) is 0 Å². The van der Waals surface area contributed by atoms with E-state index in [-0.39, 0.29) is 23.1 Å². The maximum Gasteiger partial charge on any atom is 0.250 e. The van der Waals surface area contributed by atoms with Gasteiger partial charge in [0.2, 0.25) is 15.9 Å². The van der Waals surface area contributed by atoms with Gasteiger partial charge in [-0.05, 0) is 22.0 Å². The minimum atomic E-state index is -3.60. The zero-order chi connectivity index (χ0) is 13.9. The van der Waals surface area contributed by atoms with Gasteiger partial charge in [0.05, 0.1) is 8.81 Å². The highest BCUT2D eigenvalue weighted by Crippen LogP contribution is 2.34. The molecule has 1 rings (SSSR count). The third-order valence-electron chi connectivity index (χ3n) is 2.02. The molecule has 0 aliphatic heterocycles. The SMILES string of the molecule is CN(C)C(=O)CCNS(=O)(=O)c1cc(Cl)c(Br)s1. The van der Waals surface area contributed by atoms with Crippen molar-refractivity contribution in [2.24, 2.45) is 0 Å². The molecule has 1 aromatic heterocycles. The summed E-state index contributed by atoms with van der Waals surface area (Å²) < 4.78 is 26.7. The van der Waals surface area contributed by atoms with Crippen molar-refractivity contribution in [2.75, 3.05) is 20.6 Å². The summed E-state index contributed by atoms with van der Waals surface area (Å²) in [6, 6.07) is 1.37. The lowest BCUT2D eigenvalue weighted by Gasteiger charge is -2.10. The average Bonchev–Trinajstić information content (AvgIpc) is 2.59. The van der Waals surface area contributed by atoms with Crippen molar-refractivity contribution < 1.29 is 13.2 Å². The van der Waals surface area contributed by atoms with Crippen molar-refractivity contribution in [1.82, 2.24) is 9.62 Å². The van der Waals surface area contributed by atoms with Crippen molar-refractivity contribution in [2.45, 2.75) is 10.6 Å². The molecule has 9 heteroatoms. The van der Waals surface area contributed by atoms with Gasteiger partial charge in [0, 0.05) is 27.1 Å². The number of nitrogens with one attached hydrogen (secondary N) is 1. The van der Waals surface area contributed by atoms with Gasteiger partial charge in [0.15, 0.2) is 0 Å². The highest BCUT2D eigenvalue weighted by Gasteiger charge is 2.19. The molecule has 0 aliphatic carbocycles. The van der Waals surface area contributed by atoms with E-state index in [9.17, 15) is 13.2 Å². The molecular formula is C9H12BrClN2O3S2. The molecule has 5 nitrogen and oxygen atoms in total. The fraction of sp³-hybridized carbons (Fsp3) is 0.444. The summed E-state index contributed by atoms with van der Waals surface area (Å²) in [5, 5.41) is 0.352. The van der Waals surface area contributed by atoms with Crippen molar-refractivity contribution >= 4 is 54.8 Å². The Balaban J connectivity index is 2.64. The van der Waals surface area contributed by atoms with Gasteiger partial charge in [0.25, 0.3) is 0 Å². The zero-order valence-electron chi connectivity index (χ0n) is 9.74. The molecule has 0 atom stereocenters. The van der Waals surface area contributed by atoms with Crippen LogP contribution in [-0.2, 0) is 14.8 Å². The Kier molecular flexibility index (Phi) is 5.60. The highest BCUT2D eigenvalue weighted by molar-refractivity contribution is 9.11. The molecule has 0 radical (unpaired) electrons. The fourth-order valence-corrected chi connectivity index (χ4v) is 4.52. The van der Waals surface area contributed by atoms with Crippen LogP contribution in [0.5, 0.6) is 0 Å². The number of rotatable bonds is 5. The lowest BCUT2D eigenvalue weighted by Crippen LogP contribution is -2.29. The van der Waals surface area contributed by atoms with Gasteiger partial charge in [-0.2, -0.15) is 0 Å². The number of hydrogen-bond donors (Lipinski definition) is 1. The first-order valence-corrected chi connectivity index (χ1v) is 8.36. The van der Waals surface area contributed by atoms with E-state index in [0.29, 0.717) is 8.81 Å². The van der Waals surface area contributed by atoms with Crippen LogP contribution in [0.3, 0.4) is 0 Å². The molecular weight excluding hydrogens is 364 g/mol. The van der Waals surface area contributed by atoms with Gasteiger partial charge < -0.3 is 4.90 Å². The fourth-order valence-electron chi connectivity index (χ4n) is 1.05. The number of thiophene rings is 1. The second-order valence-electron chi connectivity index (χ2n) is 3.62. The van der Waals surface area contributed by atoms with Crippen molar-refractivity contribution in [3.8, 4) is 0 Å². The molecule has 102 valence electrons. The first-order chi connectivity index (χ1) is 8.24. The number of halogens is 2. The van der Waals surface area contributed by atoms with Gasteiger partial charge in [-0.25, -0.2) is 13.1 Å². The van der Waals surface area contributed by atoms with E-state index in [0.717, 1.165) is 11.3 Å². The second kappa shape index (κ2) is 6.33. The van der Waals surface area contributed by atoms with Crippen LogP contribution in [0.2, 0.25) is 5.02 Å². The molecule has 18 heavy (non-hydrogen) atoms. The molecule has 1 heterocycles. The standard InChI is InChI=1S/C9H12BrClN2O3S2/c1-13(2)7(14)3-4-12-18(15,16)8-5-6(11)9(10)17-8/h5,12H,3-4H2,1-2H3. The Hall–Kier alpha value is -0.150. The van der Waals surface area contributed by atoms with E-state index in [4.69, 9.17) is 11.6 Å². The summed E-state index contributed by atoms with van der Waals surface area (Å²) in [7, 11) is -0.364. The summed E-state index contributed by atoms with van der Waals surface area (Å²) in [5.41, 5.74) is 0. The summed E-state index contributed by atoms with van der Waals surface area (Å²) in [6.45, 7) is 0.0620. The van der Waals surface area contributed by atoms with E-state index < -0.39 is 10.0 Å². The highest BCUT2D eigenvalue weighted by atomic mass is 79.9. The Morgan fingerprint density at radius 2 is 2.17 bits per heavy atom. The molecule has 1 amide bonds. The maximum absolute atomic E-state index is 11.8. The smallest absolute Gasteiger partial charge is 0.250 e. The molecule has 0 aliphatic rings. The Labute approximate surface area is 123 Å². The first-order valence-electron chi connectivity index (χ1n) is 4.88. The summed E-state index contributed by atoms with van der Waals surface area (Å²) in [5.74, 6) is -0.136. The minimum Gasteiger partial charge on any atom is -0.349 e. The molecule has 0 spiro atoms. The first kappa shape index (κ1) is 15.9. The van der Waals surface area contributed by atoms with Gasteiger partial charge in [-0.1, -0.05) is 11.6 Å². The van der Waals surface area contributed by atoms with Gasteiger partial charge in [-0.15, -0.1) is 11.3 Å². The van der Waals surface area contributed by atoms with Crippen LogP contribution in [0.25, 0.3) is 0 Å². The molecule has 1 aromatic rings. The molecule has 0 unspecified atom stereocenters. The maximum atomic E-state index is 11.8.